The number of hydrogen-bond acceptors (Lipinski definition) is 1. The first-order valence-corrected chi connectivity index (χ1v) is 2.08. The van der Waals surface area contributed by atoms with Gasteiger partial charge in [-0.25, -0.2) is 0 Å². The Morgan fingerprint density at radius 3 is 2.29 bits per heavy atom. The fourth-order valence-electron chi connectivity index (χ4n) is 0.0956. The average molecular weight is 142 g/mol. The van der Waals surface area contributed by atoms with E-state index in [9.17, 15) is 4.79 Å². The van der Waals surface area contributed by atoms with Crippen LogP contribution in [0.5, 0.6) is 0 Å². The van der Waals surface area contributed by atoms with E-state index in [1.54, 1.807) is 0 Å². The molecule has 0 unspecified atom stereocenters. The van der Waals surface area contributed by atoms with Crippen molar-refractivity contribution in [3.05, 3.63) is 5.32 Å². The molecule has 41 valence electrons. The van der Waals surface area contributed by atoms with Crippen LogP contribution in [0.1, 0.15) is 0 Å². The molecule has 4 heteroatoms. The van der Waals surface area contributed by atoms with Crippen LogP contribution in [-0.4, -0.2) is 22.7 Å². The van der Waals surface area contributed by atoms with Crippen molar-refractivity contribution in [1.29, 1.82) is 0 Å². The molecular weight excluding hydrogens is 138 g/mol. The third kappa shape index (κ3) is 2.51. The zero-order valence-corrected chi connectivity index (χ0v) is 4.76. The number of rotatable bonds is 2. The van der Waals surface area contributed by atoms with Crippen molar-refractivity contribution < 1.29 is 25.5 Å². The van der Waals surface area contributed by atoms with E-state index in [2.05, 4.69) is 20.9 Å². The molecule has 0 fully saturated rings. The van der Waals surface area contributed by atoms with Crippen LogP contribution in [-0.2, 0) is 20.4 Å². The number of aliphatic carboxylic acids is 1. The van der Waals surface area contributed by atoms with Crippen molar-refractivity contribution in [3.63, 3.8) is 0 Å². The summed E-state index contributed by atoms with van der Waals surface area (Å²) in [4.78, 5) is 9.74. The molecule has 0 rings (SSSR count). The molecular formula is C3H4FeNO2. The van der Waals surface area contributed by atoms with Crippen LogP contribution in [0.2, 0.25) is 0 Å². The van der Waals surface area contributed by atoms with Gasteiger partial charge in [-0.3, -0.25) is 0 Å². The zero-order valence-electron chi connectivity index (χ0n) is 3.66. The summed E-state index contributed by atoms with van der Waals surface area (Å²) in [6.45, 7) is 0. The van der Waals surface area contributed by atoms with Crippen LogP contribution in [0.25, 0.3) is 5.32 Å². The van der Waals surface area contributed by atoms with Crippen molar-refractivity contribution in [3.8, 4) is 0 Å². The van der Waals surface area contributed by atoms with Gasteiger partial charge in [0.15, 0.2) is 0 Å². The fraction of sp³-hybridized carbons (Fsp3) is 0.333. The van der Waals surface area contributed by atoms with Crippen molar-refractivity contribution >= 4 is 10.5 Å². The molecule has 0 aliphatic carbocycles. The molecule has 0 saturated heterocycles. The van der Waals surface area contributed by atoms with Crippen LogP contribution < -0.4 is 0 Å². The molecule has 0 aromatic carbocycles. The molecule has 0 bridgehead atoms. The van der Waals surface area contributed by atoms with Crippen molar-refractivity contribution in [1.82, 2.24) is 0 Å². The van der Waals surface area contributed by atoms with Gasteiger partial charge in [0.05, 0.1) is 0 Å². The van der Waals surface area contributed by atoms with Crippen LogP contribution in [0, 0.1) is 0 Å². The maximum absolute atomic E-state index is 9.74. The van der Waals surface area contributed by atoms with E-state index in [1.807, 2.05) is 0 Å². The van der Waals surface area contributed by atoms with Crippen LogP contribution in [0.15, 0.2) is 0 Å². The molecule has 0 aliphatic rings. The van der Waals surface area contributed by atoms with Crippen LogP contribution in [0.3, 0.4) is 0 Å². The van der Waals surface area contributed by atoms with Crippen LogP contribution >= 0.6 is 0 Å². The van der Waals surface area contributed by atoms with Gasteiger partial charge >= 0.3 is 48.4 Å². The molecule has 0 saturated carbocycles. The summed E-state index contributed by atoms with van der Waals surface area (Å²) in [7, 11) is 1.39. The summed E-state index contributed by atoms with van der Waals surface area (Å²) in [5.41, 5.74) is 0. The summed E-state index contributed by atoms with van der Waals surface area (Å²) in [5, 5.41) is 11.3. The number of carboxylic acids is 1. The summed E-state index contributed by atoms with van der Waals surface area (Å²) in [6.07, 6.45) is 0. The second-order valence-corrected chi connectivity index (χ2v) is 1.33. The van der Waals surface area contributed by atoms with E-state index in [1.165, 1.54) is 7.05 Å². The molecule has 3 nitrogen and oxygen atoms in total. The fourth-order valence-corrected chi connectivity index (χ4v) is 0.0956. The van der Waals surface area contributed by atoms with E-state index in [0.717, 1.165) is 0 Å². The SMILES string of the molecule is C[N-][C](=[Fe+])C(=O)O. The van der Waals surface area contributed by atoms with Gasteiger partial charge in [0.25, 0.3) is 0 Å². The number of carboxylic acid groups (broad SMARTS) is 1. The molecule has 0 atom stereocenters. The first-order valence-electron chi connectivity index (χ1n) is 1.53. The van der Waals surface area contributed by atoms with E-state index >= 15 is 0 Å². The maximum atomic E-state index is 9.74. The van der Waals surface area contributed by atoms with Gasteiger partial charge in [0, 0.05) is 0 Å². The van der Waals surface area contributed by atoms with Gasteiger partial charge in [-0.1, -0.05) is 0 Å². The normalized spacial score (nSPS) is 8.14. The molecule has 0 aromatic heterocycles. The quantitative estimate of drug-likeness (QED) is 0.540. The average Bonchev–Trinajstić information content (AvgIpc) is 1.65. The minimum atomic E-state index is -1.07. The Hall–Kier alpha value is -0.181. The molecule has 0 aliphatic heterocycles. The Morgan fingerprint density at radius 2 is 2.29 bits per heavy atom. The van der Waals surface area contributed by atoms with E-state index in [-0.39, 0.29) is 4.54 Å². The first-order chi connectivity index (χ1) is 3.18. The van der Waals surface area contributed by atoms with Crippen LogP contribution in [0.4, 0.5) is 0 Å². The Balaban J connectivity index is 3.58. The molecule has 0 spiro atoms. The van der Waals surface area contributed by atoms with E-state index < -0.39 is 5.97 Å². The Morgan fingerprint density at radius 1 is 1.86 bits per heavy atom. The Labute approximate surface area is 49.1 Å². The van der Waals surface area contributed by atoms with Gasteiger partial charge in [-0.05, 0) is 0 Å². The third-order valence-corrected chi connectivity index (χ3v) is 0.845. The van der Waals surface area contributed by atoms with Gasteiger partial charge in [-0.2, -0.15) is 0 Å². The van der Waals surface area contributed by atoms with Crippen molar-refractivity contribution in [2.45, 2.75) is 0 Å². The number of hydrogen-bond donors (Lipinski definition) is 1. The number of likely N-dealkylation sites (N-methyl/N-ethyl adjacent to an activating group) is 1. The van der Waals surface area contributed by atoms with Crippen molar-refractivity contribution in [2.75, 3.05) is 7.05 Å². The third-order valence-electron chi connectivity index (χ3n) is 0.362. The molecule has 0 heterocycles. The minimum absolute atomic E-state index is 0.111. The Kier molecular flexibility index (Phi) is 2.83. The first kappa shape index (κ1) is 6.82. The molecule has 0 aromatic rings. The number of nitrogens with zero attached hydrogens (tertiary/aromatic N) is 1. The monoisotopic (exact) mass is 142 g/mol. The molecule has 1 N–H and O–H groups in total. The second-order valence-electron chi connectivity index (χ2n) is 0.808. The topological polar surface area (TPSA) is 51.4 Å². The molecule has 0 amide bonds. The zero-order chi connectivity index (χ0) is 5.86. The Bertz CT molecular complexity index is 101. The summed E-state index contributed by atoms with van der Waals surface area (Å²) in [5.74, 6) is -1.07. The summed E-state index contributed by atoms with van der Waals surface area (Å²) < 4.78 is -0.111. The predicted molar refractivity (Wildman–Crippen MR) is 21.9 cm³/mol. The van der Waals surface area contributed by atoms with E-state index in [4.69, 9.17) is 5.11 Å². The van der Waals surface area contributed by atoms with E-state index in [0.29, 0.717) is 0 Å². The summed E-state index contributed by atoms with van der Waals surface area (Å²) in [6, 6.07) is 0. The number of carbonyl (C=O) groups is 1. The summed E-state index contributed by atoms with van der Waals surface area (Å²) >= 11 is 3.11. The predicted octanol–water partition coefficient (Wildman–Crippen LogP) is -0.249. The molecule has 7 heavy (non-hydrogen) atoms. The standard InChI is InChI=1S/C3H4NO2.Fe/c1-4-2-3(5)6;/h1H3,(H,5,6);/q-1;+1. The van der Waals surface area contributed by atoms with Crippen molar-refractivity contribution in [2.24, 2.45) is 0 Å². The van der Waals surface area contributed by atoms with Gasteiger partial charge < -0.3 is 0 Å². The van der Waals surface area contributed by atoms with Gasteiger partial charge in [0.2, 0.25) is 0 Å². The molecule has 0 radical (unpaired) electrons. The second kappa shape index (κ2) is 2.91. The van der Waals surface area contributed by atoms with Gasteiger partial charge in [-0.15, -0.1) is 0 Å². The van der Waals surface area contributed by atoms with Gasteiger partial charge in [0.1, 0.15) is 0 Å².